The summed E-state index contributed by atoms with van der Waals surface area (Å²) < 4.78 is 20.0. The number of hydrogen-bond acceptors (Lipinski definition) is 4. The van der Waals surface area contributed by atoms with E-state index in [0.717, 1.165) is 16.6 Å². The van der Waals surface area contributed by atoms with Crippen molar-refractivity contribution in [3.05, 3.63) is 66.5 Å². The minimum atomic E-state index is -0.296. The van der Waals surface area contributed by atoms with Gasteiger partial charge in [-0.25, -0.2) is 18.9 Å². The van der Waals surface area contributed by atoms with Crippen LogP contribution in [0, 0.1) is 5.82 Å². The molecular weight excluding hydrogens is 283 g/mol. The molecule has 0 saturated heterocycles. The number of rotatable bonds is 3. The molecule has 0 fully saturated rings. The molecule has 0 atom stereocenters. The van der Waals surface area contributed by atoms with Crippen molar-refractivity contribution in [2.75, 3.05) is 0 Å². The van der Waals surface area contributed by atoms with Crippen LogP contribution in [0.1, 0.15) is 5.82 Å². The molecule has 0 saturated carbocycles. The lowest BCUT2D eigenvalue weighted by atomic mass is 10.2. The van der Waals surface area contributed by atoms with Crippen LogP contribution in [0.3, 0.4) is 0 Å². The van der Waals surface area contributed by atoms with Crippen molar-refractivity contribution in [3.8, 4) is 5.75 Å². The number of aromatic nitrogens is 4. The molecule has 2 aromatic carbocycles. The third-order valence-electron chi connectivity index (χ3n) is 3.31. The molecule has 4 rings (SSSR count). The molecule has 0 aliphatic rings. The number of fused-ring (bicyclic) bond motifs is 3. The molecule has 0 radical (unpaired) electrons. The van der Waals surface area contributed by atoms with Gasteiger partial charge in [-0.1, -0.05) is 12.1 Å². The second-order valence-corrected chi connectivity index (χ2v) is 4.80. The summed E-state index contributed by atoms with van der Waals surface area (Å²) in [5, 5.41) is 5.28. The summed E-state index contributed by atoms with van der Waals surface area (Å²) in [6, 6.07) is 13.6. The maximum atomic E-state index is 12.8. The molecule has 0 N–H and O–H groups in total. The largest absolute Gasteiger partial charge is 0.486 e. The lowest BCUT2D eigenvalue weighted by Crippen LogP contribution is -1.98. The quantitative estimate of drug-likeness (QED) is 0.583. The van der Waals surface area contributed by atoms with Crippen LogP contribution < -0.4 is 4.74 Å². The van der Waals surface area contributed by atoms with Crippen molar-refractivity contribution in [2.24, 2.45) is 0 Å². The van der Waals surface area contributed by atoms with Crippen LogP contribution in [0.2, 0.25) is 0 Å². The average Bonchev–Trinajstić information content (AvgIpc) is 2.98. The molecule has 6 heteroatoms. The second kappa shape index (κ2) is 5.07. The minimum Gasteiger partial charge on any atom is -0.486 e. The van der Waals surface area contributed by atoms with E-state index in [0.29, 0.717) is 11.6 Å². The molecule has 108 valence electrons. The third-order valence-corrected chi connectivity index (χ3v) is 3.31. The van der Waals surface area contributed by atoms with Gasteiger partial charge in [0.2, 0.25) is 0 Å². The number of hydrogen-bond donors (Lipinski definition) is 0. The zero-order chi connectivity index (χ0) is 14.9. The van der Waals surface area contributed by atoms with Gasteiger partial charge in [-0.05, 0) is 36.4 Å². The van der Waals surface area contributed by atoms with Gasteiger partial charge in [0, 0.05) is 5.39 Å². The van der Waals surface area contributed by atoms with E-state index in [1.54, 1.807) is 23.0 Å². The van der Waals surface area contributed by atoms with Gasteiger partial charge in [0.15, 0.2) is 11.5 Å². The molecule has 2 aromatic heterocycles. The molecule has 2 heterocycles. The molecular formula is C16H11FN4O. The number of para-hydroxylation sites is 1. The highest BCUT2D eigenvalue weighted by atomic mass is 19.1. The average molecular weight is 294 g/mol. The SMILES string of the molecule is Fc1ccc(OCc2nc3c4ccccc4ncn3n2)cc1. The molecule has 4 aromatic rings. The highest BCUT2D eigenvalue weighted by Crippen LogP contribution is 2.17. The Morgan fingerprint density at radius 1 is 1.05 bits per heavy atom. The standard InChI is InChI=1S/C16H11FN4O/c17-11-5-7-12(8-6-11)22-9-15-19-16-13-3-1-2-4-14(13)18-10-21(16)20-15/h1-8,10H,9H2. The number of benzene rings is 2. The van der Waals surface area contributed by atoms with Gasteiger partial charge in [-0.3, -0.25) is 0 Å². The third kappa shape index (κ3) is 2.24. The van der Waals surface area contributed by atoms with E-state index >= 15 is 0 Å². The summed E-state index contributed by atoms with van der Waals surface area (Å²) in [5.74, 6) is 0.821. The lowest BCUT2D eigenvalue weighted by Gasteiger charge is -2.02. The first kappa shape index (κ1) is 12.7. The minimum absolute atomic E-state index is 0.210. The topological polar surface area (TPSA) is 52.3 Å². The van der Waals surface area contributed by atoms with E-state index in [1.165, 1.54) is 12.1 Å². The molecule has 0 spiro atoms. The zero-order valence-corrected chi connectivity index (χ0v) is 11.5. The Morgan fingerprint density at radius 3 is 2.73 bits per heavy atom. The molecule has 0 bridgehead atoms. The Hall–Kier alpha value is -3.02. The Morgan fingerprint density at radius 2 is 1.86 bits per heavy atom. The molecule has 0 aliphatic heterocycles. The number of nitrogens with zero attached hydrogens (tertiary/aromatic N) is 4. The van der Waals surface area contributed by atoms with Gasteiger partial charge in [0.05, 0.1) is 5.52 Å². The van der Waals surface area contributed by atoms with Crippen molar-refractivity contribution in [1.82, 2.24) is 19.6 Å². The first-order valence-electron chi connectivity index (χ1n) is 6.77. The van der Waals surface area contributed by atoms with Crippen molar-refractivity contribution in [2.45, 2.75) is 6.61 Å². The summed E-state index contributed by atoms with van der Waals surface area (Å²) in [4.78, 5) is 8.81. The van der Waals surface area contributed by atoms with Crippen LogP contribution in [0.15, 0.2) is 54.9 Å². The van der Waals surface area contributed by atoms with Crippen LogP contribution in [0.5, 0.6) is 5.75 Å². The van der Waals surface area contributed by atoms with Crippen molar-refractivity contribution in [3.63, 3.8) is 0 Å². The normalized spacial score (nSPS) is 11.1. The summed E-state index contributed by atoms with van der Waals surface area (Å²) >= 11 is 0. The maximum Gasteiger partial charge on any atom is 0.189 e. The molecule has 0 amide bonds. The number of halogens is 1. The van der Waals surface area contributed by atoms with Gasteiger partial charge in [0.25, 0.3) is 0 Å². The Kier molecular flexibility index (Phi) is 2.93. The summed E-state index contributed by atoms with van der Waals surface area (Å²) in [6.45, 7) is 0.210. The maximum absolute atomic E-state index is 12.8. The van der Waals surface area contributed by atoms with E-state index < -0.39 is 0 Å². The second-order valence-electron chi connectivity index (χ2n) is 4.80. The van der Waals surface area contributed by atoms with Crippen molar-refractivity contribution >= 4 is 16.6 Å². The summed E-state index contributed by atoms with van der Waals surface area (Å²) in [7, 11) is 0. The van der Waals surface area contributed by atoms with Crippen LogP contribution in [-0.4, -0.2) is 19.6 Å². The van der Waals surface area contributed by atoms with Crippen LogP contribution in [0.4, 0.5) is 4.39 Å². The van der Waals surface area contributed by atoms with Crippen LogP contribution in [0.25, 0.3) is 16.6 Å². The zero-order valence-electron chi connectivity index (χ0n) is 11.5. The summed E-state index contributed by atoms with van der Waals surface area (Å²) in [5.41, 5.74) is 1.61. The van der Waals surface area contributed by atoms with Gasteiger partial charge >= 0.3 is 0 Å². The van der Waals surface area contributed by atoms with E-state index in [4.69, 9.17) is 4.74 Å². The Bertz CT molecular complexity index is 949. The monoisotopic (exact) mass is 294 g/mol. The van der Waals surface area contributed by atoms with Crippen LogP contribution in [-0.2, 0) is 6.61 Å². The van der Waals surface area contributed by atoms with E-state index in [2.05, 4.69) is 15.1 Å². The van der Waals surface area contributed by atoms with Gasteiger partial charge < -0.3 is 4.74 Å². The predicted molar refractivity (Wildman–Crippen MR) is 79.0 cm³/mol. The van der Waals surface area contributed by atoms with Gasteiger partial charge in [-0.15, -0.1) is 5.10 Å². The summed E-state index contributed by atoms with van der Waals surface area (Å²) in [6.07, 6.45) is 1.63. The first-order chi connectivity index (χ1) is 10.8. The number of ether oxygens (including phenoxy) is 1. The fourth-order valence-corrected chi connectivity index (χ4v) is 2.26. The molecule has 0 aliphatic carbocycles. The first-order valence-corrected chi connectivity index (χ1v) is 6.77. The fraction of sp³-hybridized carbons (Fsp3) is 0.0625. The molecule has 0 unspecified atom stereocenters. The van der Waals surface area contributed by atoms with Gasteiger partial charge in [0.1, 0.15) is 24.5 Å². The molecule has 22 heavy (non-hydrogen) atoms. The van der Waals surface area contributed by atoms with E-state index in [9.17, 15) is 4.39 Å². The van der Waals surface area contributed by atoms with Crippen molar-refractivity contribution in [1.29, 1.82) is 0 Å². The smallest absolute Gasteiger partial charge is 0.189 e. The predicted octanol–water partition coefficient (Wildman–Crippen LogP) is 3.00. The highest BCUT2D eigenvalue weighted by Gasteiger charge is 2.08. The molecule has 5 nitrogen and oxygen atoms in total. The Labute approximate surface area is 125 Å². The van der Waals surface area contributed by atoms with E-state index in [1.807, 2.05) is 24.3 Å². The van der Waals surface area contributed by atoms with Crippen LogP contribution >= 0.6 is 0 Å². The Balaban J connectivity index is 1.65. The van der Waals surface area contributed by atoms with E-state index in [-0.39, 0.29) is 12.4 Å². The van der Waals surface area contributed by atoms with Crippen molar-refractivity contribution < 1.29 is 9.13 Å². The van der Waals surface area contributed by atoms with Gasteiger partial charge in [-0.2, -0.15) is 0 Å². The fourth-order valence-electron chi connectivity index (χ4n) is 2.26. The highest BCUT2D eigenvalue weighted by molar-refractivity contribution is 5.90. The lowest BCUT2D eigenvalue weighted by molar-refractivity contribution is 0.295.